The summed E-state index contributed by atoms with van der Waals surface area (Å²) in [5, 5.41) is 11.9. The van der Waals surface area contributed by atoms with Gasteiger partial charge < -0.3 is 5.11 Å². The van der Waals surface area contributed by atoms with Gasteiger partial charge >= 0.3 is 5.97 Å². The molecule has 0 fully saturated rings. The molecule has 3 heteroatoms. The minimum absolute atomic E-state index is 0.0238. The second kappa shape index (κ2) is 3.96. The predicted molar refractivity (Wildman–Crippen MR) is 56.1 cm³/mol. The lowest BCUT2D eigenvalue weighted by molar-refractivity contribution is -0.139. The largest absolute Gasteiger partial charge is 0.480 e. The van der Waals surface area contributed by atoms with Crippen LogP contribution in [0.2, 0.25) is 0 Å². The van der Waals surface area contributed by atoms with Crippen LogP contribution in [-0.2, 0) is 4.79 Å². The highest BCUT2D eigenvalue weighted by Crippen LogP contribution is 2.24. The van der Waals surface area contributed by atoms with Gasteiger partial charge in [0, 0.05) is 5.54 Å². The van der Waals surface area contributed by atoms with Crippen LogP contribution < -0.4 is 5.32 Å². The zero-order chi connectivity index (χ0) is 11.6. The van der Waals surface area contributed by atoms with E-state index in [1.165, 1.54) is 0 Å². The molecule has 1 rings (SSSR count). The molecule has 0 saturated carbocycles. The van der Waals surface area contributed by atoms with Crippen LogP contribution in [0.15, 0.2) is 24.3 Å². The van der Waals surface area contributed by atoms with Crippen LogP contribution >= 0.6 is 0 Å². The van der Waals surface area contributed by atoms with Gasteiger partial charge in [-0.2, -0.15) is 0 Å². The molecule has 3 atom stereocenters. The van der Waals surface area contributed by atoms with E-state index in [9.17, 15) is 4.79 Å². The third kappa shape index (κ3) is 2.23. The quantitative estimate of drug-likeness (QED) is 0.720. The maximum absolute atomic E-state index is 10.8. The van der Waals surface area contributed by atoms with E-state index in [4.69, 9.17) is 6.48 Å². The summed E-state index contributed by atoms with van der Waals surface area (Å²) in [4.78, 5) is 10.8. The van der Waals surface area contributed by atoms with Crippen molar-refractivity contribution >= 4 is 5.97 Å². The molecule has 0 radical (unpaired) electrons. The van der Waals surface area contributed by atoms with Gasteiger partial charge in [-0.3, -0.25) is 10.1 Å². The smallest absolute Gasteiger partial charge is 0.320 e. The molecule has 78 valence electrons. The Balaban J connectivity index is 2.80. The van der Waals surface area contributed by atoms with Crippen molar-refractivity contribution in [3.05, 3.63) is 24.3 Å². The first-order valence-electron chi connectivity index (χ1n) is 5.23. The summed E-state index contributed by atoms with van der Waals surface area (Å²) in [7, 11) is 0. The molecule has 3 nitrogen and oxygen atoms in total. The number of rotatable bonds is 3. The first-order chi connectivity index (χ1) is 6.87. The number of hydrogen-bond donors (Lipinski definition) is 2. The highest BCUT2D eigenvalue weighted by Gasteiger charge is 2.30. The third-order valence-electron chi connectivity index (χ3n) is 2.68. The van der Waals surface area contributed by atoms with Gasteiger partial charge in [0.15, 0.2) is 0 Å². The van der Waals surface area contributed by atoms with Gasteiger partial charge in [-0.15, -0.1) is 0 Å². The first kappa shape index (κ1) is 9.46. The zero-order valence-electron chi connectivity index (χ0n) is 9.74. The van der Waals surface area contributed by atoms with E-state index in [1.54, 1.807) is 19.1 Å². The molecule has 1 aliphatic carbocycles. The van der Waals surface area contributed by atoms with Crippen LogP contribution in [0.25, 0.3) is 0 Å². The Morgan fingerprint density at radius 2 is 2.36 bits per heavy atom. The number of carboxylic acids is 1. The van der Waals surface area contributed by atoms with Gasteiger partial charge in [0.2, 0.25) is 0 Å². The van der Waals surface area contributed by atoms with Gasteiger partial charge in [-0.25, -0.2) is 0 Å². The molecule has 0 amide bonds. The Bertz CT molecular complexity index is 325. The zero-order valence-corrected chi connectivity index (χ0v) is 8.74. The van der Waals surface area contributed by atoms with E-state index in [1.807, 2.05) is 19.9 Å². The summed E-state index contributed by atoms with van der Waals surface area (Å²) < 4.78 is 7.71. The van der Waals surface area contributed by atoms with Crippen molar-refractivity contribution in [2.45, 2.75) is 32.4 Å². The molecule has 0 aromatic carbocycles. The second-order valence-electron chi connectivity index (χ2n) is 3.90. The number of aliphatic carboxylic acids is 1. The van der Waals surface area contributed by atoms with Crippen molar-refractivity contribution in [2.75, 3.05) is 0 Å². The van der Waals surface area contributed by atoms with Crippen LogP contribution in [0.1, 0.15) is 22.1 Å². The van der Waals surface area contributed by atoms with Crippen molar-refractivity contribution in [3.63, 3.8) is 0 Å². The van der Waals surface area contributed by atoms with E-state index in [0.717, 1.165) is 0 Å². The number of allylic oxidation sites excluding steroid dienone is 2. The minimum Gasteiger partial charge on any atom is -0.480 e. The topological polar surface area (TPSA) is 49.3 Å². The van der Waals surface area contributed by atoms with Crippen molar-refractivity contribution in [1.29, 1.82) is 0 Å². The summed E-state index contributed by atoms with van der Waals surface area (Å²) in [5.41, 5.74) is -0.455. The first-order valence-corrected chi connectivity index (χ1v) is 4.73. The standard InChI is InChI=1S/C11H17NO2/c1-8-6-4-5-7-11(8,3)12-9(2)10(13)14/h4-9,12H,1-3H3,(H,13,14)/i6D. The summed E-state index contributed by atoms with van der Waals surface area (Å²) in [5.74, 6) is -0.901. The molecule has 1 aliphatic rings. The van der Waals surface area contributed by atoms with Crippen LogP contribution in [0.5, 0.6) is 0 Å². The second-order valence-corrected chi connectivity index (χ2v) is 3.90. The molecule has 0 saturated heterocycles. The van der Waals surface area contributed by atoms with E-state index in [0.29, 0.717) is 6.05 Å². The van der Waals surface area contributed by atoms with E-state index in [-0.39, 0.29) is 5.92 Å². The molecule has 0 spiro atoms. The number of nitrogens with one attached hydrogen (secondary N) is 1. The SMILES string of the molecule is [2H]C1=CC=CC(C)(NC(C)C(=O)O)C1C. The molecule has 3 unspecified atom stereocenters. The lowest BCUT2D eigenvalue weighted by Gasteiger charge is -2.35. The van der Waals surface area contributed by atoms with Crippen LogP contribution in [0.4, 0.5) is 0 Å². The maximum Gasteiger partial charge on any atom is 0.320 e. The van der Waals surface area contributed by atoms with Crippen molar-refractivity contribution in [1.82, 2.24) is 5.32 Å². The minimum atomic E-state index is -0.877. The van der Waals surface area contributed by atoms with Gasteiger partial charge in [-0.05, 0) is 19.8 Å². The van der Waals surface area contributed by atoms with Crippen LogP contribution in [0.3, 0.4) is 0 Å². The molecule has 0 heterocycles. The highest BCUT2D eigenvalue weighted by molar-refractivity contribution is 5.73. The third-order valence-corrected chi connectivity index (χ3v) is 2.68. The lowest BCUT2D eigenvalue weighted by Crippen LogP contribution is -2.52. The van der Waals surface area contributed by atoms with Gasteiger partial charge in [0.1, 0.15) is 6.04 Å². The molecule has 0 aromatic rings. The fourth-order valence-electron chi connectivity index (χ4n) is 1.47. The van der Waals surface area contributed by atoms with Crippen molar-refractivity contribution in [2.24, 2.45) is 5.92 Å². The Morgan fingerprint density at radius 1 is 1.71 bits per heavy atom. The monoisotopic (exact) mass is 196 g/mol. The fourth-order valence-corrected chi connectivity index (χ4v) is 1.47. The summed E-state index contributed by atoms with van der Waals surface area (Å²) >= 11 is 0. The van der Waals surface area contributed by atoms with E-state index in [2.05, 4.69) is 5.32 Å². The van der Waals surface area contributed by atoms with Crippen molar-refractivity contribution < 1.29 is 11.3 Å². The Morgan fingerprint density at radius 3 is 2.93 bits per heavy atom. The van der Waals surface area contributed by atoms with Gasteiger partial charge in [-0.1, -0.05) is 31.2 Å². The summed E-state index contributed by atoms with van der Waals surface area (Å²) in [6, 6.07) is -0.0990. The molecule has 0 bridgehead atoms. The molecule has 0 aliphatic heterocycles. The van der Waals surface area contributed by atoms with Crippen LogP contribution in [-0.4, -0.2) is 22.7 Å². The molecular formula is C11H17NO2. The number of hydrogen-bond acceptors (Lipinski definition) is 2. The van der Waals surface area contributed by atoms with Gasteiger partial charge in [0.05, 0.1) is 1.37 Å². The molecule has 2 N–H and O–H groups in total. The summed E-state index contributed by atoms with van der Waals surface area (Å²) in [6.45, 7) is 5.44. The average Bonchev–Trinajstić information content (AvgIpc) is 2.14. The van der Waals surface area contributed by atoms with E-state index < -0.39 is 17.6 Å². The number of carboxylic acid groups (broad SMARTS) is 1. The molecular weight excluding hydrogens is 178 g/mol. The molecule has 14 heavy (non-hydrogen) atoms. The average molecular weight is 196 g/mol. The Labute approximate surface area is 85.9 Å². The van der Waals surface area contributed by atoms with Gasteiger partial charge in [0.25, 0.3) is 0 Å². The predicted octanol–water partition coefficient (Wildman–Crippen LogP) is 1.57. The maximum atomic E-state index is 10.8. The molecule has 0 aromatic heterocycles. The van der Waals surface area contributed by atoms with Crippen molar-refractivity contribution in [3.8, 4) is 0 Å². The Kier molecular flexibility index (Phi) is 2.68. The summed E-state index contributed by atoms with van der Waals surface area (Å²) in [6.07, 6.45) is 5.44. The normalized spacial score (nSPS) is 34.6. The van der Waals surface area contributed by atoms with E-state index >= 15 is 0 Å². The highest BCUT2D eigenvalue weighted by atomic mass is 16.4. The fraction of sp³-hybridized carbons (Fsp3) is 0.545. The lowest BCUT2D eigenvalue weighted by atomic mass is 9.83. The van der Waals surface area contributed by atoms with Crippen LogP contribution in [0, 0.1) is 5.92 Å². The Hall–Kier alpha value is -1.09. The number of carbonyl (C=O) groups is 1.